The summed E-state index contributed by atoms with van der Waals surface area (Å²) in [5, 5.41) is 11.6. The lowest BCUT2D eigenvalue weighted by atomic mass is 10.1. The summed E-state index contributed by atoms with van der Waals surface area (Å²) in [7, 11) is 3.58. The number of carboxylic acid groups (broad SMARTS) is 1. The number of hydrogen-bond acceptors (Lipinski definition) is 4. The van der Waals surface area contributed by atoms with E-state index in [9.17, 15) is 9.59 Å². The Bertz CT molecular complexity index is 462. The summed E-state index contributed by atoms with van der Waals surface area (Å²) in [5.41, 5.74) is 0.458. The molecule has 0 aliphatic carbocycles. The van der Waals surface area contributed by atoms with E-state index < -0.39 is 5.97 Å². The zero-order chi connectivity index (χ0) is 15.0. The number of methoxy groups -OCH3 is 1. The highest BCUT2D eigenvalue weighted by atomic mass is 16.5. The largest absolute Gasteiger partial charge is 0.478 e. The van der Waals surface area contributed by atoms with Gasteiger partial charge in [0, 0.05) is 32.3 Å². The van der Waals surface area contributed by atoms with Crippen molar-refractivity contribution < 1.29 is 19.4 Å². The van der Waals surface area contributed by atoms with Crippen LogP contribution in [0.4, 0.5) is 0 Å². The molecule has 0 fully saturated rings. The summed E-state index contributed by atoms with van der Waals surface area (Å²) in [6.07, 6.45) is 0. The van der Waals surface area contributed by atoms with Gasteiger partial charge in [0.2, 0.25) is 0 Å². The maximum absolute atomic E-state index is 11.9. The first-order valence-electron chi connectivity index (χ1n) is 6.33. The Kier molecular flexibility index (Phi) is 6.69. The molecule has 0 radical (unpaired) electrons. The molecule has 0 heterocycles. The molecule has 1 rings (SSSR count). The van der Waals surface area contributed by atoms with Gasteiger partial charge in [0.1, 0.15) is 0 Å². The Morgan fingerprint density at radius 1 is 1.30 bits per heavy atom. The van der Waals surface area contributed by atoms with Crippen LogP contribution in [0.2, 0.25) is 0 Å². The summed E-state index contributed by atoms with van der Waals surface area (Å²) >= 11 is 0. The number of aromatic carboxylic acids is 1. The fraction of sp³-hybridized carbons (Fsp3) is 0.429. The quantitative estimate of drug-likeness (QED) is 0.732. The van der Waals surface area contributed by atoms with Crippen LogP contribution in [0.5, 0.6) is 0 Å². The fourth-order valence-corrected chi connectivity index (χ4v) is 1.61. The molecule has 6 heteroatoms. The minimum atomic E-state index is -1.04. The molecule has 0 unspecified atom stereocenters. The Morgan fingerprint density at radius 3 is 2.65 bits per heavy atom. The standard InChI is InChI=1S/C14H20N2O4/c1-16(8-9-20-2)7-6-15-13(17)11-4-3-5-12(10-11)14(18)19/h3-5,10H,6-9H2,1-2H3,(H,15,17)(H,18,19). The van der Waals surface area contributed by atoms with E-state index in [1.54, 1.807) is 19.2 Å². The van der Waals surface area contributed by atoms with Gasteiger partial charge in [-0.25, -0.2) is 4.79 Å². The van der Waals surface area contributed by atoms with Crippen LogP contribution in [0, 0.1) is 0 Å². The van der Waals surface area contributed by atoms with Crippen LogP contribution in [0.1, 0.15) is 20.7 Å². The van der Waals surface area contributed by atoms with Gasteiger partial charge in [-0.3, -0.25) is 4.79 Å². The van der Waals surface area contributed by atoms with Gasteiger partial charge in [-0.2, -0.15) is 0 Å². The second-order valence-electron chi connectivity index (χ2n) is 4.44. The first kappa shape index (κ1) is 16.1. The van der Waals surface area contributed by atoms with Crippen LogP contribution in [0.25, 0.3) is 0 Å². The van der Waals surface area contributed by atoms with Crippen molar-refractivity contribution in [3.63, 3.8) is 0 Å². The van der Waals surface area contributed by atoms with Crippen LogP contribution >= 0.6 is 0 Å². The van der Waals surface area contributed by atoms with Gasteiger partial charge in [0.25, 0.3) is 5.91 Å². The third-order valence-corrected chi connectivity index (χ3v) is 2.83. The molecule has 20 heavy (non-hydrogen) atoms. The molecule has 0 spiro atoms. The van der Waals surface area contributed by atoms with E-state index in [-0.39, 0.29) is 11.5 Å². The Hall–Kier alpha value is -1.92. The average Bonchev–Trinajstić information content (AvgIpc) is 2.45. The highest BCUT2D eigenvalue weighted by Gasteiger charge is 2.09. The number of carbonyl (C=O) groups excluding carboxylic acids is 1. The molecule has 0 aliphatic rings. The minimum absolute atomic E-state index is 0.106. The molecule has 0 saturated heterocycles. The lowest BCUT2D eigenvalue weighted by Crippen LogP contribution is -2.34. The van der Waals surface area contributed by atoms with Crippen molar-refractivity contribution in [1.29, 1.82) is 0 Å². The molecule has 0 aromatic heterocycles. The van der Waals surface area contributed by atoms with Gasteiger partial charge in [0.15, 0.2) is 0 Å². The Morgan fingerprint density at radius 2 is 2.00 bits per heavy atom. The second-order valence-corrected chi connectivity index (χ2v) is 4.44. The summed E-state index contributed by atoms with van der Waals surface area (Å²) in [5.74, 6) is -1.31. The molecular weight excluding hydrogens is 260 g/mol. The van der Waals surface area contributed by atoms with E-state index in [1.165, 1.54) is 12.1 Å². The van der Waals surface area contributed by atoms with Gasteiger partial charge in [-0.05, 0) is 25.2 Å². The number of likely N-dealkylation sites (N-methyl/N-ethyl adjacent to an activating group) is 1. The Balaban J connectivity index is 2.43. The normalized spacial score (nSPS) is 10.6. The minimum Gasteiger partial charge on any atom is -0.478 e. The average molecular weight is 280 g/mol. The molecule has 0 bridgehead atoms. The van der Waals surface area contributed by atoms with Crippen LogP contribution in [-0.2, 0) is 4.74 Å². The van der Waals surface area contributed by atoms with E-state index in [4.69, 9.17) is 9.84 Å². The molecule has 0 saturated carbocycles. The maximum Gasteiger partial charge on any atom is 0.335 e. The van der Waals surface area contributed by atoms with E-state index in [1.807, 2.05) is 11.9 Å². The highest BCUT2D eigenvalue weighted by Crippen LogP contribution is 2.05. The zero-order valence-electron chi connectivity index (χ0n) is 11.8. The number of nitrogens with one attached hydrogen (secondary N) is 1. The number of hydrogen-bond donors (Lipinski definition) is 2. The van der Waals surface area contributed by atoms with Gasteiger partial charge < -0.3 is 20.1 Å². The van der Waals surface area contributed by atoms with Crippen molar-refractivity contribution in [2.75, 3.05) is 40.4 Å². The second kappa shape index (κ2) is 8.29. The van der Waals surface area contributed by atoms with Crippen LogP contribution in [0.3, 0.4) is 0 Å². The van der Waals surface area contributed by atoms with Gasteiger partial charge in [-0.1, -0.05) is 6.07 Å². The van der Waals surface area contributed by atoms with Crippen molar-refractivity contribution in [2.45, 2.75) is 0 Å². The predicted molar refractivity (Wildman–Crippen MR) is 75.1 cm³/mol. The van der Waals surface area contributed by atoms with Gasteiger partial charge in [0.05, 0.1) is 12.2 Å². The molecule has 6 nitrogen and oxygen atoms in total. The van der Waals surface area contributed by atoms with Crippen molar-refractivity contribution in [3.05, 3.63) is 35.4 Å². The molecule has 1 amide bonds. The molecular formula is C14H20N2O4. The topological polar surface area (TPSA) is 78.9 Å². The van der Waals surface area contributed by atoms with E-state index in [2.05, 4.69) is 5.32 Å². The monoisotopic (exact) mass is 280 g/mol. The molecule has 0 atom stereocenters. The first-order chi connectivity index (χ1) is 9.54. The first-order valence-corrected chi connectivity index (χ1v) is 6.33. The summed E-state index contributed by atoms with van der Waals surface area (Å²) in [4.78, 5) is 24.7. The SMILES string of the molecule is COCCN(C)CCNC(=O)c1cccc(C(=O)O)c1. The third-order valence-electron chi connectivity index (χ3n) is 2.83. The highest BCUT2D eigenvalue weighted by molar-refractivity contribution is 5.97. The van der Waals surface area contributed by atoms with Crippen molar-refractivity contribution >= 4 is 11.9 Å². The van der Waals surface area contributed by atoms with E-state index in [0.29, 0.717) is 25.3 Å². The van der Waals surface area contributed by atoms with Crippen LogP contribution in [-0.4, -0.2) is 62.3 Å². The number of ether oxygens (including phenoxy) is 1. The number of nitrogens with zero attached hydrogens (tertiary/aromatic N) is 1. The maximum atomic E-state index is 11.9. The van der Waals surface area contributed by atoms with Gasteiger partial charge in [-0.15, -0.1) is 0 Å². The number of amides is 1. The molecule has 1 aromatic carbocycles. The number of benzene rings is 1. The van der Waals surface area contributed by atoms with Crippen molar-refractivity contribution in [3.8, 4) is 0 Å². The summed E-state index contributed by atoms with van der Waals surface area (Å²) in [6, 6.07) is 5.98. The predicted octanol–water partition coefficient (Wildman–Crippen LogP) is 0.693. The zero-order valence-corrected chi connectivity index (χ0v) is 11.8. The van der Waals surface area contributed by atoms with Crippen molar-refractivity contribution in [2.24, 2.45) is 0 Å². The fourth-order valence-electron chi connectivity index (χ4n) is 1.61. The van der Waals surface area contributed by atoms with Crippen LogP contribution < -0.4 is 5.32 Å². The Labute approximate surface area is 118 Å². The summed E-state index contributed by atoms with van der Waals surface area (Å²) < 4.78 is 4.96. The third kappa shape index (κ3) is 5.38. The van der Waals surface area contributed by atoms with Crippen molar-refractivity contribution in [1.82, 2.24) is 10.2 Å². The number of carboxylic acids is 1. The van der Waals surface area contributed by atoms with E-state index in [0.717, 1.165) is 6.54 Å². The smallest absolute Gasteiger partial charge is 0.335 e. The van der Waals surface area contributed by atoms with E-state index >= 15 is 0 Å². The molecule has 110 valence electrons. The molecule has 2 N–H and O–H groups in total. The van der Waals surface area contributed by atoms with Gasteiger partial charge >= 0.3 is 5.97 Å². The molecule has 0 aliphatic heterocycles. The number of rotatable bonds is 8. The lowest BCUT2D eigenvalue weighted by molar-refractivity contribution is 0.0697. The lowest BCUT2D eigenvalue weighted by Gasteiger charge is -2.16. The van der Waals surface area contributed by atoms with Crippen LogP contribution in [0.15, 0.2) is 24.3 Å². The molecule has 1 aromatic rings. The number of carbonyl (C=O) groups is 2. The summed E-state index contributed by atoms with van der Waals surface area (Å²) in [6.45, 7) is 2.63.